The summed E-state index contributed by atoms with van der Waals surface area (Å²) in [6, 6.07) is 8.34. The Morgan fingerprint density at radius 2 is 1.93 bits per heavy atom. The zero-order valence-electron chi connectivity index (χ0n) is 15.3. The second kappa shape index (κ2) is 9.68. The lowest BCUT2D eigenvalue weighted by Crippen LogP contribution is -2.19. The van der Waals surface area contributed by atoms with E-state index >= 15 is 0 Å². The van der Waals surface area contributed by atoms with Gasteiger partial charge in [0.05, 0.1) is 38.5 Å². The molecule has 0 aliphatic rings. The average molecular weight is 393 g/mol. The van der Waals surface area contributed by atoms with Crippen molar-refractivity contribution in [2.75, 3.05) is 20.8 Å². The molecule has 0 aliphatic carbocycles. The number of phenols is 1. The average Bonchev–Trinajstić information content (AvgIpc) is 2.65. The van der Waals surface area contributed by atoms with Crippen molar-refractivity contribution in [2.24, 2.45) is 5.10 Å². The second-order valence-corrected chi connectivity index (χ2v) is 5.85. The van der Waals surface area contributed by atoms with Crippen LogP contribution in [0.3, 0.4) is 0 Å². The maximum atomic E-state index is 12.1. The van der Waals surface area contributed by atoms with Crippen LogP contribution in [0.1, 0.15) is 18.1 Å². The number of phenolic OH excluding ortho intramolecular Hbond substituents is 1. The third-order valence-electron chi connectivity index (χ3n) is 3.57. The molecule has 0 spiro atoms. The van der Waals surface area contributed by atoms with Crippen LogP contribution in [0.25, 0.3) is 0 Å². The molecule has 2 aromatic carbocycles. The van der Waals surface area contributed by atoms with Crippen molar-refractivity contribution in [3.05, 3.63) is 46.5 Å². The van der Waals surface area contributed by atoms with Crippen molar-refractivity contribution in [1.29, 1.82) is 0 Å². The first-order chi connectivity index (χ1) is 13.0. The predicted molar refractivity (Wildman–Crippen MR) is 103 cm³/mol. The molecular formula is C19H21ClN2O5. The topological polar surface area (TPSA) is 89.4 Å². The van der Waals surface area contributed by atoms with Crippen molar-refractivity contribution in [2.45, 2.75) is 13.3 Å². The van der Waals surface area contributed by atoms with E-state index in [-0.39, 0.29) is 28.8 Å². The summed E-state index contributed by atoms with van der Waals surface area (Å²) in [5, 5.41) is 13.9. The van der Waals surface area contributed by atoms with E-state index in [1.165, 1.54) is 19.4 Å². The highest BCUT2D eigenvalue weighted by atomic mass is 35.5. The fourth-order valence-electron chi connectivity index (χ4n) is 2.33. The summed E-state index contributed by atoms with van der Waals surface area (Å²) in [6.07, 6.45) is 1.54. The summed E-state index contributed by atoms with van der Waals surface area (Å²) >= 11 is 5.96. The Morgan fingerprint density at radius 1 is 1.19 bits per heavy atom. The van der Waals surface area contributed by atoms with E-state index in [1.807, 2.05) is 0 Å². The van der Waals surface area contributed by atoms with Gasteiger partial charge in [-0.25, -0.2) is 5.43 Å². The van der Waals surface area contributed by atoms with Gasteiger partial charge < -0.3 is 19.3 Å². The van der Waals surface area contributed by atoms with Crippen LogP contribution in [0.5, 0.6) is 23.0 Å². The first-order valence-corrected chi connectivity index (χ1v) is 8.54. The van der Waals surface area contributed by atoms with Gasteiger partial charge in [0.2, 0.25) is 5.91 Å². The number of nitrogens with one attached hydrogen (secondary N) is 1. The standard InChI is InChI=1S/C19H21ClN2O5/c1-4-27-17-9-13(7-14(20)19(17)24)11-21-22-18(23)10-12-5-6-15(25-2)16(8-12)26-3/h5-9,11,24H,4,10H2,1-3H3,(H,22,23)/b21-11+. The van der Waals surface area contributed by atoms with Crippen LogP contribution in [0.15, 0.2) is 35.4 Å². The minimum absolute atomic E-state index is 0.123. The number of carbonyl (C=O) groups is 1. The number of ether oxygens (including phenoxy) is 3. The van der Waals surface area contributed by atoms with Crippen molar-refractivity contribution >= 4 is 23.7 Å². The van der Waals surface area contributed by atoms with Crippen molar-refractivity contribution in [3.8, 4) is 23.0 Å². The van der Waals surface area contributed by atoms with Crippen LogP contribution in [0.2, 0.25) is 5.02 Å². The Hall–Kier alpha value is -2.93. The van der Waals surface area contributed by atoms with Crippen LogP contribution in [0.4, 0.5) is 0 Å². The summed E-state index contributed by atoms with van der Waals surface area (Å²) in [6.45, 7) is 2.18. The number of rotatable bonds is 8. The zero-order valence-corrected chi connectivity index (χ0v) is 16.0. The number of nitrogens with zero attached hydrogens (tertiary/aromatic N) is 1. The smallest absolute Gasteiger partial charge is 0.244 e. The molecule has 0 aromatic heterocycles. The largest absolute Gasteiger partial charge is 0.503 e. The third-order valence-corrected chi connectivity index (χ3v) is 3.85. The zero-order chi connectivity index (χ0) is 19.8. The van der Waals surface area contributed by atoms with E-state index < -0.39 is 0 Å². The van der Waals surface area contributed by atoms with Gasteiger partial charge in [-0.2, -0.15) is 5.10 Å². The molecule has 0 fully saturated rings. The van der Waals surface area contributed by atoms with Gasteiger partial charge in [0.15, 0.2) is 23.0 Å². The van der Waals surface area contributed by atoms with Gasteiger partial charge in [-0.1, -0.05) is 17.7 Å². The molecule has 7 nitrogen and oxygen atoms in total. The van der Waals surface area contributed by atoms with E-state index in [1.54, 1.807) is 38.3 Å². The second-order valence-electron chi connectivity index (χ2n) is 5.44. The Morgan fingerprint density at radius 3 is 2.59 bits per heavy atom. The summed E-state index contributed by atoms with van der Waals surface area (Å²) in [5.41, 5.74) is 3.78. The summed E-state index contributed by atoms with van der Waals surface area (Å²) in [7, 11) is 3.08. The Labute approximate surface area is 162 Å². The lowest BCUT2D eigenvalue weighted by atomic mass is 10.1. The van der Waals surface area contributed by atoms with Crippen LogP contribution < -0.4 is 19.6 Å². The van der Waals surface area contributed by atoms with Crippen molar-refractivity contribution in [3.63, 3.8) is 0 Å². The number of benzene rings is 2. The van der Waals surface area contributed by atoms with Gasteiger partial charge in [-0.3, -0.25) is 4.79 Å². The SMILES string of the molecule is CCOc1cc(/C=N/NC(=O)Cc2ccc(OC)c(OC)c2)cc(Cl)c1O. The molecule has 8 heteroatoms. The quantitative estimate of drug-likeness (QED) is 0.532. The highest BCUT2D eigenvalue weighted by molar-refractivity contribution is 6.32. The van der Waals surface area contributed by atoms with Gasteiger partial charge in [0.25, 0.3) is 0 Å². The molecule has 27 heavy (non-hydrogen) atoms. The fraction of sp³-hybridized carbons (Fsp3) is 0.263. The van der Waals surface area contributed by atoms with Crippen molar-refractivity contribution < 1.29 is 24.1 Å². The van der Waals surface area contributed by atoms with Crippen LogP contribution in [0, 0.1) is 0 Å². The van der Waals surface area contributed by atoms with Gasteiger partial charge in [-0.15, -0.1) is 0 Å². The van der Waals surface area contributed by atoms with Crippen LogP contribution in [-0.4, -0.2) is 38.1 Å². The van der Waals surface area contributed by atoms with Gasteiger partial charge in [0.1, 0.15) is 0 Å². The number of carbonyl (C=O) groups excluding carboxylic acids is 1. The minimum atomic E-state index is -0.298. The van der Waals surface area contributed by atoms with E-state index in [9.17, 15) is 9.90 Å². The summed E-state index contributed by atoms with van der Waals surface area (Å²) in [5.74, 6) is 0.965. The Balaban J connectivity index is 2.01. The molecule has 2 N–H and O–H groups in total. The normalized spacial score (nSPS) is 10.7. The molecule has 0 bridgehead atoms. The minimum Gasteiger partial charge on any atom is -0.503 e. The summed E-state index contributed by atoms with van der Waals surface area (Å²) in [4.78, 5) is 12.1. The number of hydrazone groups is 1. The maximum absolute atomic E-state index is 12.1. The van der Waals surface area contributed by atoms with Gasteiger partial charge in [0, 0.05) is 0 Å². The van der Waals surface area contributed by atoms with Crippen LogP contribution in [-0.2, 0) is 11.2 Å². The number of methoxy groups -OCH3 is 2. The molecule has 0 radical (unpaired) electrons. The molecule has 2 aromatic rings. The monoisotopic (exact) mass is 392 g/mol. The number of hydrogen-bond acceptors (Lipinski definition) is 6. The Kier molecular flexibility index (Phi) is 7.31. The lowest BCUT2D eigenvalue weighted by molar-refractivity contribution is -0.120. The molecule has 144 valence electrons. The van der Waals surface area contributed by atoms with E-state index in [0.717, 1.165) is 5.56 Å². The number of aromatic hydroxyl groups is 1. The third kappa shape index (κ3) is 5.52. The number of halogens is 1. The van der Waals surface area contributed by atoms with Crippen LogP contribution >= 0.6 is 11.6 Å². The first-order valence-electron chi connectivity index (χ1n) is 8.16. The molecule has 0 saturated heterocycles. The molecule has 0 saturated carbocycles. The molecule has 0 unspecified atom stereocenters. The van der Waals surface area contributed by atoms with E-state index in [0.29, 0.717) is 23.7 Å². The molecule has 1 amide bonds. The van der Waals surface area contributed by atoms with Crippen molar-refractivity contribution in [1.82, 2.24) is 5.43 Å². The van der Waals surface area contributed by atoms with E-state index in [2.05, 4.69) is 10.5 Å². The highest BCUT2D eigenvalue weighted by Crippen LogP contribution is 2.34. The molecular weight excluding hydrogens is 372 g/mol. The molecule has 0 atom stereocenters. The molecule has 0 heterocycles. The lowest BCUT2D eigenvalue weighted by Gasteiger charge is -2.09. The molecule has 0 aliphatic heterocycles. The van der Waals surface area contributed by atoms with E-state index in [4.69, 9.17) is 25.8 Å². The first kappa shape index (κ1) is 20.4. The van der Waals surface area contributed by atoms with Gasteiger partial charge in [-0.05, 0) is 42.3 Å². The fourth-order valence-corrected chi connectivity index (χ4v) is 2.55. The number of amides is 1. The predicted octanol–water partition coefficient (Wildman–Crippen LogP) is 3.15. The maximum Gasteiger partial charge on any atom is 0.244 e. The summed E-state index contributed by atoms with van der Waals surface area (Å²) < 4.78 is 15.7. The highest BCUT2D eigenvalue weighted by Gasteiger charge is 2.10. The molecule has 2 rings (SSSR count). The number of hydrogen-bond donors (Lipinski definition) is 2. The Bertz CT molecular complexity index is 839. The van der Waals surface area contributed by atoms with Gasteiger partial charge >= 0.3 is 0 Å².